The van der Waals surface area contributed by atoms with Gasteiger partial charge < -0.3 is 19.8 Å². The molecule has 180 valence electrons. The molecule has 8 nitrogen and oxygen atoms in total. The molecule has 0 spiro atoms. The molecule has 4 heterocycles. The quantitative estimate of drug-likeness (QED) is 0.398. The van der Waals surface area contributed by atoms with Crippen LogP contribution in [-0.4, -0.2) is 23.5 Å². The zero-order valence-electron chi connectivity index (χ0n) is 19.1. The number of esters is 1. The van der Waals surface area contributed by atoms with Crippen molar-refractivity contribution in [1.29, 1.82) is 5.26 Å². The molecule has 2 aromatic heterocycles. The maximum atomic E-state index is 13.6. The van der Waals surface area contributed by atoms with E-state index in [0.717, 1.165) is 0 Å². The number of benzene rings is 2. The first kappa shape index (κ1) is 22.2. The van der Waals surface area contributed by atoms with Gasteiger partial charge in [-0.2, -0.15) is 5.26 Å². The van der Waals surface area contributed by atoms with Crippen molar-refractivity contribution in [3.8, 4) is 6.07 Å². The number of rotatable bonds is 4. The highest BCUT2D eigenvalue weighted by Crippen LogP contribution is 2.44. The summed E-state index contributed by atoms with van der Waals surface area (Å²) in [6.07, 6.45) is 1.50. The summed E-state index contributed by atoms with van der Waals surface area (Å²) in [4.78, 5) is 29.8. The number of pyridine rings is 1. The number of carbonyl (C=O) groups excluding carboxylic acids is 2. The van der Waals surface area contributed by atoms with Crippen LogP contribution in [0.15, 0.2) is 94.2 Å². The van der Waals surface area contributed by atoms with Crippen molar-refractivity contribution in [3.63, 3.8) is 0 Å². The number of hydrogen-bond acceptors (Lipinski definition) is 7. The number of nitrogens with zero attached hydrogens (tertiary/aromatic N) is 2. The van der Waals surface area contributed by atoms with E-state index in [-0.39, 0.29) is 29.5 Å². The number of amides is 1. The van der Waals surface area contributed by atoms with Crippen LogP contribution in [0.1, 0.15) is 27.6 Å². The summed E-state index contributed by atoms with van der Waals surface area (Å²) >= 11 is 0. The van der Waals surface area contributed by atoms with Gasteiger partial charge in [-0.25, -0.2) is 14.2 Å². The molecule has 0 bridgehead atoms. The monoisotopic (exact) mass is 492 g/mol. The van der Waals surface area contributed by atoms with E-state index in [4.69, 9.17) is 9.15 Å². The lowest BCUT2D eigenvalue weighted by molar-refractivity contribution is -0.136. The van der Waals surface area contributed by atoms with Gasteiger partial charge >= 0.3 is 5.97 Å². The smallest absolute Gasteiger partial charge is 0.337 e. The van der Waals surface area contributed by atoms with Crippen LogP contribution in [0.25, 0.3) is 16.7 Å². The number of allylic oxidation sites excluding steroid dienone is 1. The SMILES string of the molecule is N#CC1=C(c2ccc(F)cc2)NC2=C(C(=O)OC2)[C@H]1c1cc2c(NC(=O)c3ccccc3)nccc2o1. The maximum Gasteiger partial charge on any atom is 0.337 e. The van der Waals surface area contributed by atoms with Gasteiger partial charge in [0.15, 0.2) is 0 Å². The Labute approximate surface area is 209 Å². The summed E-state index contributed by atoms with van der Waals surface area (Å²) in [6.45, 7) is 0.00817. The molecule has 0 aliphatic carbocycles. The van der Waals surface area contributed by atoms with Crippen LogP contribution in [0.3, 0.4) is 0 Å². The van der Waals surface area contributed by atoms with E-state index in [1.165, 1.54) is 18.3 Å². The zero-order valence-corrected chi connectivity index (χ0v) is 19.1. The van der Waals surface area contributed by atoms with E-state index in [1.807, 2.05) is 6.07 Å². The molecule has 2 aliphatic rings. The Bertz CT molecular complexity index is 1680. The number of cyclic esters (lactones) is 1. The number of nitrogens with one attached hydrogen (secondary N) is 2. The van der Waals surface area contributed by atoms with Gasteiger partial charge in [0.1, 0.15) is 29.6 Å². The summed E-state index contributed by atoms with van der Waals surface area (Å²) in [6, 6.07) is 19.9. The molecule has 0 fully saturated rings. The summed E-state index contributed by atoms with van der Waals surface area (Å²) in [5.41, 5.74) is 2.87. The second-order valence-corrected chi connectivity index (χ2v) is 8.47. The normalized spacial score (nSPS) is 16.8. The van der Waals surface area contributed by atoms with Crippen LogP contribution in [0, 0.1) is 17.1 Å². The highest BCUT2D eigenvalue weighted by atomic mass is 19.1. The number of hydrogen-bond donors (Lipinski definition) is 2. The number of ether oxygens (including phenoxy) is 1. The molecule has 2 aromatic carbocycles. The number of fused-ring (bicyclic) bond motifs is 1. The number of halogens is 1. The van der Waals surface area contributed by atoms with Gasteiger partial charge in [0.25, 0.3) is 5.91 Å². The Morgan fingerprint density at radius 3 is 2.68 bits per heavy atom. The van der Waals surface area contributed by atoms with Gasteiger partial charge in [-0.05, 0) is 54.1 Å². The van der Waals surface area contributed by atoms with Crippen LogP contribution in [0.5, 0.6) is 0 Å². The van der Waals surface area contributed by atoms with E-state index >= 15 is 0 Å². The number of aromatic nitrogens is 1. The second kappa shape index (κ2) is 8.77. The van der Waals surface area contributed by atoms with Gasteiger partial charge in [-0.1, -0.05) is 18.2 Å². The van der Waals surface area contributed by atoms with Crippen molar-refractivity contribution in [3.05, 3.63) is 112 Å². The highest BCUT2D eigenvalue weighted by molar-refractivity contribution is 6.07. The minimum atomic E-state index is -0.874. The second-order valence-electron chi connectivity index (χ2n) is 8.47. The zero-order chi connectivity index (χ0) is 25.5. The lowest BCUT2D eigenvalue weighted by Gasteiger charge is -2.25. The molecule has 37 heavy (non-hydrogen) atoms. The standard InChI is InChI=1S/C28H17FN4O4/c29-17-8-6-15(7-9-17)25-19(13-30)23(24-20(32-25)14-36-28(24)35)22-12-18-21(37-22)10-11-31-26(18)33-27(34)16-4-2-1-3-5-16/h1-12,23,32H,14H2,(H,31,33,34)/t23-/m1/s1. The first-order valence-electron chi connectivity index (χ1n) is 11.4. The van der Waals surface area contributed by atoms with Crippen LogP contribution >= 0.6 is 0 Å². The Kier molecular flexibility index (Phi) is 5.27. The lowest BCUT2D eigenvalue weighted by Crippen LogP contribution is -2.25. The van der Waals surface area contributed by atoms with Crippen LogP contribution < -0.4 is 10.6 Å². The third kappa shape index (κ3) is 3.81. The molecule has 1 atom stereocenters. The first-order chi connectivity index (χ1) is 18.0. The molecular weight excluding hydrogens is 475 g/mol. The number of dihydropyridines is 1. The Hall–Kier alpha value is -5.23. The Morgan fingerprint density at radius 2 is 1.92 bits per heavy atom. The van der Waals surface area contributed by atoms with E-state index in [1.54, 1.807) is 48.5 Å². The molecule has 2 aliphatic heterocycles. The number of anilines is 1. The number of nitriles is 1. The van der Waals surface area contributed by atoms with Crippen molar-refractivity contribution in [2.45, 2.75) is 5.92 Å². The minimum Gasteiger partial charge on any atom is -0.460 e. The van der Waals surface area contributed by atoms with Gasteiger partial charge in [-0.3, -0.25) is 4.79 Å². The molecule has 0 saturated carbocycles. The van der Waals surface area contributed by atoms with Crippen molar-refractivity contribution in [1.82, 2.24) is 10.3 Å². The number of furan rings is 1. The largest absolute Gasteiger partial charge is 0.460 e. The molecule has 0 saturated heterocycles. The van der Waals surface area contributed by atoms with E-state index < -0.39 is 17.7 Å². The predicted octanol–water partition coefficient (Wildman–Crippen LogP) is 4.65. The fourth-order valence-electron chi connectivity index (χ4n) is 4.56. The van der Waals surface area contributed by atoms with E-state index in [9.17, 15) is 19.2 Å². The molecule has 0 radical (unpaired) electrons. The van der Waals surface area contributed by atoms with Crippen LogP contribution in [0.4, 0.5) is 10.2 Å². The van der Waals surface area contributed by atoms with Gasteiger partial charge in [0, 0.05) is 11.8 Å². The minimum absolute atomic E-state index is 0.00817. The maximum absolute atomic E-state index is 13.6. The van der Waals surface area contributed by atoms with Gasteiger partial charge in [0.05, 0.1) is 39.9 Å². The molecule has 6 rings (SSSR count). The van der Waals surface area contributed by atoms with E-state index in [2.05, 4.69) is 21.7 Å². The summed E-state index contributed by atoms with van der Waals surface area (Å²) < 4.78 is 25.0. The van der Waals surface area contributed by atoms with Crippen molar-refractivity contribution in [2.24, 2.45) is 0 Å². The summed E-state index contributed by atoms with van der Waals surface area (Å²) in [5.74, 6) is -1.60. The van der Waals surface area contributed by atoms with Crippen LogP contribution in [-0.2, 0) is 9.53 Å². The molecule has 0 unspecified atom stereocenters. The topological polar surface area (TPSA) is 117 Å². The molecule has 2 N–H and O–H groups in total. The van der Waals surface area contributed by atoms with Crippen molar-refractivity contribution >= 4 is 34.4 Å². The molecule has 4 aromatic rings. The Morgan fingerprint density at radius 1 is 1.14 bits per heavy atom. The average molecular weight is 492 g/mol. The summed E-state index contributed by atoms with van der Waals surface area (Å²) in [5, 5.41) is 16.6. The fourth-order valence-corrected chi connectivity index (χ4v) is 4.56. The predicted molar refractivity (Wildman–Crippen MR) is 131 cm³/mol. The number of carbonyl (C=O) groups is 2. The molecular formula is C28H17FN4O4. The van der Waals surface area contributed by atoms with E-state index in [0.29, 0.717) is 39.3 Å². The van der Waals surface area contributed by atoms with Crippen LogP contribution in [0.2, 0.25) is 0 Å². The summed E-state index contributed by atoms with van der Waals surface area (Å²) in [7, 11) is 0. The average Bonchev–Trinajstić information content (AvgIpc) is 3.52. The van der Waals surface area contributed by atoms with Gasteiger partial charge in [0.2, 0.25) is 0 Å². The fraction of sp³-hybridized carbons (Fsp3) is 0.0714. The van der Waals surface area contributed by atoms with Crippen molar-refractivity contribution in [2.75, 3.05) is 11.9 Å². The first-order valence-corrected chi connectivity index (χ1v) is 11.4. The Balaban J connectivity index is 1.47. The third-order valence-electron chi connectivity index (χ3n) is 6.29. The van der Waals surface area contributed by atoms with Crippen molar-refractivity contribution < 1.29 is 23.1 Å². The lowest BCUT2D eigenvalue weighted by atomic mass is 9.83. The highest BCUT2D eigenvalue weighted by Gasteiger charge is 2.42. The third-order valence-corrected chi connectivity index (χ3v) is 6.29. The molecule has 9 heteroatoms. The molecule has 1 amide bonds. The van der Waals surface area contributed by atoms with Gasteiger partial charge in [-0.15, -0.1) is 0 Å².